The van der Waals surface area contributed by atoms with Crippen LogP contribution in [-0.2, 0) is 14.3 Å². The van der Waals surface area contributed by atoms with E-state index in [9.17, 15) is 19.5 Å². The number of rotatable bonds is 9. The minimum absolute atomic E-state index is 0.0116. The molecule has 2 heterocycles. The van der Waals surface area contributed by atoms with Gasteiger partial charge in [0.25, 0.3) is 5.78 Å². The fourth-order valence-corrected chi connectivity index (χ4v) is 4.99. The van der Waals surface area contributed by atoms with E-state index in [0.717, 1.165) is 22.7 Å². The van der Waals surface area contributed by atoms with Gasteiger partial charge in [-0.25, -0.2) is 14.2 Å². The lowest BCUT2D eigenvalue weighted by Crippen LogP contribution is -2.29. The Morgan fingerprint density at radius 1 is 1.24 bits per heavy atom. The standard InChI is InChI=1S/C28H25FN2O6S/c1-4-13-36-18-10-8-9-17(15-18)23(32)21-22(19-11-6-7-12-20(19)29)31(26(34)24(21)33)28-30-16(3)25(38-28)27(35)37-14-5-2/h5-12,15,22,32H,2,4,13-14H2,1,3H3. The van der Waals surface area contributed by atoms with Gasteiger partial charge in [0.15, 0.2) is 5.13 Å². The molecule has 1 aliphatic rings. The van der Waals surface area contributed by atoms with Crippen molar-refractivity contribution in [1.29, 1.82) is 0 Å². The molecular weight excluding hydrogens is 511 g/mol. The molecule has 3 aromatic rings. The van der Waals surface area contributed by atoms with Crippen LogP contribution in [0, 0.1) is 12.7 Å². The van der Waals surface area contributed by atoms with Crippen molar-refractivity contribution in [3.63, 3.8) is 0 Å². The van der Waals surface area contributed by atoms with E-state index in [-0.39, 0.29) is 39.0 Å². The predicted octanol–water partition coefficient (Wildman–Crippen LogP) is 5.35. The number of thiazole rings is 1. The Hall–Kier alpha value is -4.31. The summed E-state index contributed by atoms with van der Waals surface area (Å²) in [4.78, 5) is 44.6. The Balaban J connectivity index is 1.87. The van der Waals surface area contributed by atoms with Crippen LogP contribution in [0.15, 0.2) is 66.8 Å². The minimum Gasteiger partial charge on any atom is -0.507 e. The van der Waals surface area contributed by atoms with Crippen molar-refractivity contribution in [3.8, 4) is 5.75 Å². The Labute approximate surface area is 222 Å². The second-order valence-electron chi connectivity index (χ2n) is 8.37. The number of esters is 1. The maximum Gasteiger partial charge on any atom is 0.350 e. The Morgan fingerprint density at radius 2 is 2.00 bits per heavy atom. The van der Waals surface area contributed by atoms with Gasteiger partial charge in [-0.2, -0.15) is 0 Å². The van der Waals surface area contributed by atoms with E-state index in [1.165, 1.54) is 30.3 Å². The number of anilines is 1. The number of aryl methyl sites for hydroxylation is 1. The molecule has 10 heteroatoms. The van der Waals surface area contributed by atoms with Crippen molar-refractivity contribution in [2.24, 2.45) is 0 Å². The monoisotopic (exact) mass is 536 g/mol. The van der Waals surface area contributed by atoms with E-state index >= 15 is 4.39 Å². The average Bonchev–Trinajstić information content (AvgIpc) is 3.42. The third-order valence-electron chi connectivity index (χ3n) is 5.73. The molecule has 1 amide bonds. The van der Waals surface area contributed by atoms with Crippen LogP contribution in [0.1, 0.15) is 45.9 Å². The molecular formula is C28H25FN2O6S. The summed E-state index contributed by atoms with van der Waals surface area (Å²) in [7, 11) is 0. The molecule has 1 N–H and O–H groups in total. The summed E-state index contributed by atoms with van der Waals surface area (Å²) in [5.41, 5.74) is 0.169. The largest absolute Gasteiger partial charge is 0.507 e. The van der Waals surface area contributed by atoms with Crippen LogP contribution in [0.5, 0.6) is 5.75 Å². The molecule has 0 aliphatic carbocycles. The van der Waals surface area contributed by atoms with Gasteiger partial charge in [-0.15, -0.1) is 0 Å². The highest BCUT2D eigenvalue weighted by Gasteiger charge is 2.49. The number of amides is 1. The summed E-state index contributed by atoms with van der Waals surface area (Å²) in [6.45, 7) is 7.44. The van der Waals surface area contributed by atoms with Crippen LogP contribution in [0.4, 0.5) is 9.52 Å². The zero-order valence-corrected chi connectivity index (χ0v) is 21.6. The number of ketones is 1. The van der Waals surface area contributed by atoms with Gasteiger partial charge in [0.2, 0.25) is 0 Å². The number of hydrogen-bond acceptors (Lipinski definition) is 8. The van der Waals surface area contributed by atoms with Gasteiger partial charge >= 0.3 is 11.9 Å². The topological polar surface area (TPSA) is 106 Å². The van der Waals surface area contributed by atoms with Crippen molar-refractivity contribution in [1.82, 2.24) is 4.98 Å². The number of aromatic nitrogens is 1. The number of halogens is 1. The number of benzene rings is 2. The lowest BCUT2D eigenvalue weighted by molar-refractivity contribution is -0.132. The van der Waals surface area contributed by atoms with Crippen LogP contribution < -0.4 is 9.64 Å². The van der Waals surface area contributed by atoms with Gasteiger partial charge in [-0.05, 0) is 31.5 Å². The Kier molecular flexibility index (Phi) is 8.02. The van der Waals surface area contributed by atoms with Crippen molar-refractivity contribution in [2.75, 3.05) is 18.1 Å². The van der Waals surface area contributed by atoms with E-state index in [1.807, 2.05) is 6.92 Å². The van der Waals surface area contributed by atoms with Gasteiger partial charge in [0, 0.05) is 11.1 Å². The molecule has 0 radical (unpaired) electrons. The summed E-state index contributed by atoms with van der Waals surface area (Å²) in [5, 5.41) is 11.3. The van der Waals surface area contributed by atoms with E-state index in [1.54, 1.807) is 31.2 Å². The molecule has 1 aromatic heterocycles. The molecule has 4 rings (SSSR count). The highest BCUT2D eigenvalue weighted by Crippen LogP contribution is 2.44. The molecule has 1 atom stereocenters. The highest BCUT2D eigenvalue weighted by molar-refractivity contribution is 7.17. The fourth-order valence-electron chi connectivity index (χ4n) is 4.00. The number of nitrogens with zero attached hydrogens (tertiary/aromatic N) is 2. The van der Waals surface area contributed by atoms with Crippen LogP contribution in [0.25, 0.3) is 5.76 Å². The molecule has 1 saturated heterocycles. The molecule has 196 valence electrons. The minimum atomic E-state index is -1.33. The SMILES string of the molecule is C=CCOC(=O)c1sc(N2C(=O)C(=O)C(=C(O)c3cccc(OCCC)c3)C2c2ccccc2F)nc1C. The van der Waals surface area contributed by atoms with Gasteiger partial charge in [0.1, 0.15) is 34.9 Å². The van der Waals surface area contributed by atoms with Gasteiger partial charge in [-0.1, -0.05) is 61.2 Å². The van der Waals surface area contributed by atoms with E-state index in [0.29, 0.717) is 12.4 Å². The molecule has 8 nitrogen and oxygen atoms in total. The molecule has 0 spiro atoms. The van der Waals surface area contributed by atoms with E-state index in [4.69, 9.17) is 9.47 Å². The van der Waals surface area contributed by atoms with Gasteiger partial charge in [0.05, 0.1) is 17.9 Å². The fraction of sp³-hybridized carbons (Fsp3) is 0.214. The van der Waals surface area contributed by atoms with Crippen LogP contribution in [0.2, 0.25) is 0 Å². The average molecular weight is 537 g/mol. The molecule has 38 heavy (non-hydrogen) atoms. The smallest absolute Gasteiger partial charge is 0.350 e. The van der Waals surface area contributed by atoms with Crippen LogP contribution in [-0.4, -0.2) is 41.0 Å². The third-order valence-corrected chi connectivity index (χ3v) is 6.87. The number of ether oxygens (including phenoxy) is 2. The maximum absolute atomic E-state index is 15.1. The Morgan fingerprint density at radius 3 is 2.71 bits per heavy atom. The third kappa shape index (κ3) is 5.08. The molecule has 0 saturated carbocycles. The first-order valence-corrected chi connectivity index (χ1v) is 12.6. The number of Topliss-reactive ketones (excluding diaryl/α,β-unsaturated/α-hetero) is 1. The van der Waals surface area contributed by atoms with Crippen molar-refractivity contribution in [3.05, 3.63) is 94.3 Å². The first-order valence-electron chi connectivity index (χ1n) is 11.8. The Bertz CT molecular complexity index is 1450. The maximum atomic E-state index is 15.1. The summed E-state index contributed by atoms with van der Waals surface area (Å²) >= 11 is 0.833. The van der Waals surface area contributed by atoms with Crippen LogP contribution in [0.3, 0.4) is 0 Å². The number of aliphatic hydroxyl groups excluding tert-OH is 1. The number of hydrogen-bond donors (Lipinski definition) is 1. The predicted molar refractivity (Wildman–Crippen MR) is 141 cm³/mol. The second kappa shape index (κ2) is 11.4. The van der Waals surface area contributed by atoms with Gasteiger partial charge in [-0.3, -0.25) is 14.5 Å². The number of carbonyl (C=O) groups is 3. The normalized spacial score (nSPS) is 16.5. The summed E-state index contributed by atoms with van der Waals surface area (Å²) in [6, 6.07) is 10.7. The molecule has 2 aromatic carbocycles. The number of carbonyl (C=O) groups excluding carboxylic acids is 3. The quantitative estimate of drug-likeness (QED) is 0.129. The van der Waals surface area contributed by atoms with Crippen molar-refractivity contribution in [2.45, 2.75) is 26.3 Å². The van der Waals surface area contributed by atoms with Crippen LogP contribution >= 0.6 is 11.3 Å². The molecule has 1 fully saturated rings. The first-order chi connectivity index (χ1) is 18.3. The van der Waals surface area contributed by atoms with Gasteiger partial charge < -0.3 is 14.6 Å². The zero-order chi connectivity index (χ0) is 27.4. The van der Waals surface area contributed by atoms with E-state index < -0.39 is 35.3 Å². The summed E-state index contributed by atoms with van der Waals surface area (Å²) < 4.78 is 25.8. The van der Waals surface area contributed by atoms with Crippen molar-refractivity contribution >= 4 is 39.9 Å². The summed E-state index contributed by atoms with van der Waals surface area (Å²) in [5.74, 6) is -3.41. The lowest BCUT2D eigenvalue weighted by atomic mass is 9.95. The lowest BCUT2D eigenvalue weighted by Gasteiger charge is -2.23. The molecule has 0 bridgehead atoms. The molecule has 1 aliphatic heterocycles. The summed E-state index contributed by atoms with van der Waals surface area (Å²) in [6.07, 6.45) is 2.18. The number of aliphatic hydroxyl groups is 1. The van der Waals surface area contributed by atoms with Crippen molar-refractivity contribution < 1.29 is 33.4 Å². The molecule has 1 unspecified atom stereocenters. The van der Waals surface area contributed by atoms with E-state index in [2.05, 4.69) is 11.6 Å². The zero-order valence-electron chi connectivity index (χ0n) is 20.8. The first kappa shape index (κ1) is 26.7. The second-order valence-corrected chi connectivity index (χ2v) is 9.34. The highest BCUT2D eigenvalue weighted by atomic mass is 32.1.